The molecule has 0 aliphatic rings. The highest BCUT2D eigenvalue weighted by atomic mass is 32.2. The van der Waals surface area contributed by atoms with Crippen molar-refractivity contribution >= 4 is 29.0 Å². The number of carbonyl (C=O) groups excluding carboxylic acids is 1. The van der Waals surface area contributed by atoms with Crippen molar-refractivity contribution in [2.24, 2.45) is 0 Å². The normalized spacial score (nSPS) is 10.4. The Kier molecular flexibility index (Phi) is 4.46. The molecule has 2 aromatic rings. The van der Waals surface area contributed by atoms with E-state index in [0.29, 0.717) is 17.1 Å². The van der Waals surface area contributed by atoms with E-state index in [1.807, 2.05) is 12.1 Å². The van der Waals surface area contributed by atoms with Crippen LogP contribution < -0.4 is 11.1 Å². The number of nitrogens with two attached hydrogens (primary N) is 1. The number of rotatable bonds is 5. The summed E-state index contributed by atoms with van der Waals surface area (Å²) < 4.78 is 0. The van der Waals surface area contributed by atoms with E-state index in [2.05, 4.69) is 22.4 Å². The zero-order valence-corrected chi connectivity index (χ0v) is 11.5. The highest BCUT2D eigenvalue weighted by Crippen LogP contribution is 2.27. The van der Waals surface area contributed by atoms with Gasteiger partial charge in [0.2, 0.25) is 0 Å². The lowest BCUT2D eigenvalue weighted by atomic mass is 10.2. The maximum atomic E-state index is 11.9. The maximum absolute atomic E-state index is 11.9. The lowest BCUT2D eigenvalue weighted by Gasteiger charge is -2.09. The number of nitrogens with one attached hydrogen (secondary N) is 2. The van der Waals surface area contributed by atoms with Gasteiger partial charge in [0.25, 0.3) is 5.91 Å². The molecule has 19 heavy (non-hydrogen) atoms. The number of carbonyl (C=O) groups is 1. The molecule has 4 N–H and O–H groups in total. The van der Waals surface area contributed by atoms with Gasteiger partial charge in [-0.3, -0.25) is 9.89 Å². The number of hydrogen-bond donors (Lipinski definition) is 3. The van der Waals surface area contributed by atoms with Crippen LogP contribution in [-0.4, -0.2) is 21.9 Å². The summed E-state index contributed by atoms with van der Waals surface area (Å²) in [7, 11) is 0. The topological polar surface area (TPSA) is 83.8 Å². The molecule has 0 saturated heterocycles. The first-order chi connectivity index (χ1) is 9.20. The number of amides is 1. The van der Waals surface area contributed by atoms with E-state index in [0.717, 1.165) is 17.1 Å². The lowest BCUT2D eigenvalue weighted by molar-refractivity contribution is 0.102. The fourth-order valence-corrected chi connectivity index (χ4v) is 2.33. The van der Waals surface area contributed by atoms with Gasteiger partial charge in [-0.1, -0.05) is 6.92 Å². The Morgan fingerprint density at radius 3 is 3.00 bits per heavy atom. The monoisotopic (exact) mass is 276 g/mol. The van der Waals surface area contributed by atoms with Gasteiger partial charge in [0, 0.05) is 11.1 Å². The second-order valence-electron chi connectivity index (χ2n) is 4.02. The van der Waals surface area contributed by atoms with Crippen LogP contribution in [0.2, 0.25) is 0 Å². The van der Waals surface area contributed by atoms with Gasteiger partial charge in [-0.25, -0.2) is 0 Å². The number of nitrogen functional groups attached to an aromatic ring is 1. The molecule has 2 rings (SSSR count). The Balaban J connectivity index is 2.12. The Bertz CT molecular complexity index is 554. The molecule has 100 valence electrons. The highest BCUT2D eigenvalue weighted by Gasteiger charge is 2.09. The predicted molar refractivity (Wildman–Crippen MR) is 78.4 cm³/mol. The summed E-state index contributed by atoms with van der Waals surface area (Å²) in [5.41, 5.74) is 7.45. The van der Waals surface area contributed by atoms with Crippen molar-refractivity contribution in [2.75, 3.05) is 16.8 Å². The minimum Gasteiger partial charge on any atom is -0.397 e. The molecule has 0 unspecified atom stereocenters. The number of thioether (sulfide) groups is 1. The molecule has 0 saturated carbocycles. The van der Waals surface area contributed by atoms with Gasteiger partial charge in [0.1, 0.15) is 5.69 Å². The van der Waals surface area contributed by atoms with Crippen LogP contribution in [0, 0.1) is 0 Å². The molecular formula is C13H16N4OS. The van der Waals surface area contributed by atoms with Crippen molar-refractivity contribution in [3.05, 3.63) is 36.2 Å². The van der Waals surface area contributed by atoms with Gasteiger partial charge >= 0.3 is 0 Å². The van der Waals surface area contributed by atoms with Gasteiger partial charge in [-0.15, -0.1) is 11.8 Å². The van der Waals surface area contributed by atoms with Gasteiger partial charge < -0.3 is 11.1 Å². The third-order valence-electron chi connectivity index (χ3n) is 2.49. The first kappa shape index (κ1) is 13.5. The van der Waals surface area contributed by atoms with Crippen LogP contribution in [-0.2, 0) is 0 Å². The predicted octanol–water partition coefficient (Wildman–Crippen LogP) is 2.75. The van der Waals surface area contributed by atoms with Gasteiger partial charge in [-0.2, -0.15) is 5.10 Å². The quantitative estimate of drug-likeness (QED) is 0.579. The SMILES string of the molecule is CCCSc1ccc(N)c(NC(=O)c2ccn[nH]2)c1. The molecule has 0 aliphatic heterocycles. The van der Waals surface area contributed by atoms with Crippen molar-refractivity contribution in [1.29, 1.82) is 0 Å². The van der Waals surface area contributed by atoms with Crippen molar-refractivity contribution in [3.8, 4) is 0 Å². The van der Waals surface area contributed by atoms with Crippen LogP contribution in [0.5, 0.6) is 0 Å². The summed E-state index contributed by atoms with van der Waals surface area (Å²) >= 11 is 1.74. The minimum absolute atomic E-state index is 0.248. The van der Waals surface area contributed by atoms with Gasteiger partial charge in [0.05, 0.1) is 11.4 Å². The number of nitrogens with zero attached hydrogens (tertiary/aromatic N) is 1. The molecule has 0 fully saturated rings. The number of hydrogen-bond acceptors (Lipinski definition) is 4. The second-order valence-corrected chi connectivity index (χ2v) is 5.19. The molecule has 0 spiro atoms. The van der Waals surface area contributed by atoms with Crippen molar-refractivity contribution in [1.82, 2.24) is 10.2 Å². The summed E-state index contributed by atoms with van der Waals surface area (Å²) in [5.74, 6) is 0.791. The molecule has 1 aromatic carbocycles. The molecule has 1 heterocycles. The van der Waals surface area contributed by atoms with Crippen LogP contribution in [0.4, 0.5) is 11.4 Å². The van der Waals surface area contributed by atoms with Crippen LogP contribution in [0.25, 0.3) is 0 Å². The Morgan fingerprint density at radius 1 is 1.47 bits per heavy atom. The molecule has 6 heteroatoms. The Morgan fingerprint density at radius 2 is 2.32 bits per heavy atom. The fourth-order valence-electron chi connectivity index (χ4n) is 1.53. The smallest absolute Gasteiger partial charge is 0.273 e. The summed E-state index contributed by atoms with van der Waals surface area (Å²) in [6.07, 6.45) is 2.64. The van der Waals surface area contributed by atoms with Crippen LogP contribution >= 0.6 is 11.8 Å². The third-order valence-corrected chi connectivity index (χ3v) is 3.69. The fraction of sp³-hybridized carbons (Fsp3) is 0.231. The summed E-state index contributed by atoms with van der Waals surface area (Å²) in [5, 5.41) is 9.14. The van der Waals surface area contributed by atoms with E-state index in [1.54, 1.807) is 23.9 Å². The van der Waals surface area contributed by atoms with E-state index in [9.17, 15) is 4.79 Å². The van der Waals surface area contributed by atoms with E-state index in [-0.39, 0.29) is 5.91 Å². The molecule has 1 aromatic heterocycles. The summed E-state index contributed by atoms with van der Waals surface area (Å²) in [6.45, 7) is 2.13. The number of aromatic amines is 1. The zero-order valence-electron chi connectivity index (χ0n) is 10.6. The van der Waals surface area contributed by atoms with E-state index < -0.39 is 0 Å². The number of H-pyrrole nitrogens is 1. The molecule has 0 bridgehead atoms. The van der Waals surface area contributed by atoms with Crippen molar-refractivity contribution < 1.29 is 4.79 Å². The molecule has 1 amide bonds. The molecule has 0 atom stereocenters. The largest absolute Gasteiger partial charge is 0.397 e. The first-order valence-corrected chi connectivity index (χ1v) is 7.02. The molecule has 5 nitrogen and oxygen atoms in total. The minimum atomic E-state index is -0.248. The average Bonchev–Trinajstić information content (AvgIpc) is 2.93. The van der Waals surface area contributed by atoms with Crippen LogP contribution in [0.1, 0.15) is 23.8 Å². The highest BCUT2D eigenvalue weighted by molar-refractivity contribution is 7.99. The first-order valence-electron chi connectivity index (χ1n) is 6.03. The summed E-state index contributed by atoms with van der Waals surface area (Å²) in [4.78, 5) is 13.0. The van der Waals surface area contributed by atoms with Crippen LogP contribution in [0.3, 0.4) is 0 Å². The van der Waals surface area contributed by atoms with E-state index >= 15 is 0 Å². The van der Waals surface area contributed by atoms with Crippen molar-refractivity contribution in [3.63, 3.8) is 0 Å². The number of anilines is 2. The Labute approximate surface area is 116 Å². The molecule has 0 radical (unpaired) electrons. The van der Waals surface area contributed by atoms with Gasteiger partial charge in [0.15, 0.2) is 0 Å². The van der Waals surface area contributed by atoms with Crippen LogP contribution in [0.15, 0.2) is 35.4 Å². The lowest BCUT2D eigenvalue weighted by Crippen LogP contribution is -2.13. The zero-order chi connectivity index (χ0) is 13.7. The number of benzene rings is 1. The average molecular weight is 276 g/mol. The molecule has 0 aliphatic carbocycles. The second kappa shape index (κ2) is 6.29. The van der Waals surface area contributed by atoms with E-state index in [4.69, 9.17) is 5.73 Å². The van der Waals surface area contributed by atoms with Crippen molar-refractivity contribution in [2.45, 2.75) is 18.2 Å². The standard InChI is InChI=1S/C13H16N4OS/c1-2-7-19-9-3-4-10(14)12(8-9)16-13(18)11-5-6-15-17-11/h3-6,8H,2,7,14H2,1H3,(H,15,17)(H,16,18). The number of aromatic nitrogens is 2. The molecular weight excluding hydrogens is 260 g/mol. The maximum Gasteiger partial charge on any atom is 0.273 e. The summed E-state index contributed by atoms with van der Waals surface area (Å²) in [6, 6.07) is 7.27. The Hall–Kier alpha value is -1.95. The van der Waals surface area contributed by atoms with E-state index in [1.165, 1.54) is 6.20 Å². The van der Waals surface area contributed by atoms with Gasteiger partial charge in [-0.05, 0) is 36.4 Å². The third kappa shape index (κ3) is 3.51.